The molecule has 8 heteroatoms. The summed E-state index contributed by atoms with van der Waals surface area (Å²) in [6.45, 7) is 3.74. The first kappa shape index (κ1) is 26.3. The number of hydrogen-bond acceptors (Lipinski definition) is 7. The molecule has 1 heterocycles. The topological polar surface area (TPSA) is 95.8 Å². The van der Waals surface area contributed by atoms with Crippen LogP contribution in [-0.4, -0.2) is 51.6 Å². The van der Waals surface area contributed by atoms with Crippen molar-refractivity contribution in [2.24, 2.45) is 5.92 Å². The predicted molar refractivity (Wildman–Crippen MR) is 127 cm³/mol. The average molecular weight is 474 g/mol. The SMILES string of the molecule is CCC(O)(c1cc(F)c([C@@H](OCCO)N(C)Cc2ncc(C)cn2)c(C=O)c1)C1CCCCC1. The summed E-state index contributed by atoms with van der Waals surface area (Å²) in [7, 11) is 1.72. The van der Waals surface area contributed by atoms with Crippen LogP contribution in [0.25, 0.3) is 0 Å². The average Bonchev–Trinajstić information content (AvgIpc) is 2.86. The smallest absolute Gasteiger partial charge is 0.150 e. The largest absolute Gasteiger partial charge is 0.394 e. The van der Waals surface area contributed by atoms with Gasteiger partial charge in [-0.05, 0) is 62.4 Å². The van der Waals surface area contributed by atoms with E-state index in [2.05, 4.69) is 9.97 Å². The second-order valence-corrected chi connectivity index (χ2v) is 9.23. The molecule has 0 radical (unpaired) electrons. The van der Waals surface area contributed by atoms with Gasteiger partial charge in [0.2, 0.25) is 0 Å². The molecule has 2 N–H and O–H groups in total. The van der Waals surface area contributed by atoms with E-state index < -0.39 is 17.6 Å². The van der Waals surface area contributed by atoms with Gasteiger partial charge in [0.25, 0.3) is 0 Å². The minimum absolute atomic E-state index is 0.0267. The number of aldehydes is 1. The predicted octanol–water partition coefficient (Wildman–Crippen LogP) is 4.05. The third-order valence-corrected chi connectivity index (χ3v) is 6.85. The van der Waals surface area contributed by atoms with Crippen molar-refractivity contribution in [3.8, 4) is 0 Å². The van der Waals surface area contributed by atoms with Gasteiger partial charge < -0.3 is 14.9 Å². The fourth-order valence-corrected chi connectivity index (χ4v) is 4.96. The molecule has 7 nitrogen and oxygen atoms in total. The number of ether oxygens (including phenoxy) is 1. The van der Waals surface area contributed by atoms with E-state index in [0.29, 0.717) is 24.1 Å². The van der Waals surface area contributed by atoms with Gasteiger partial charge in [0.15, 0.2) is 6.29 Å². The summed E-state index contributed by atoms with van der Waals surface area (Å²) < 4.78 is 21.5. The Morgan fingerprint density at radius 2 is 1.94 bits per heavy atom. The van der Waals surface area contributed by atoms with Crippen LogP contribution in [-0.2, 0) is 16.9 Å². The van der Waals surface area contributed by atoms with Crippen LogP contribution in [0.3, 0.4) is 0 Å². The lowest BCUT2D eigenvalue weighted by Gasteiger charge is -2.39. The third-order valence-electron chi connectivity index (χ3n) is 6.85. The minimum atomic E-state index is -1.19. The van der Waals surface area contributed by atoms with Crippen LogP contribution < -0.4 is 0 Å². The van der Waals surface area contributed by atoms with E-state index >= 15 is 4.39 Å². The number of aliphatic hydroxyl groups excluding tert-OH is 1. The molecule has 34 heavy (non-hydrogen) atoms. The minimum Gasteiger partial charge on any atom is -0.394 e. The quantitative estimate of drug-likeness (QED) is 0.375. The number of aryl methyl sites for hydroxylation is 1. The first-order valence-electron chi connectivity index (χ1n) is 12.1. The van der Waals surface area contributed by atoms with Gasteiger partial charge in [-0.15, -0.1) is 0 Å². The Morgan fingerprint density at radius 3 is 2.53 bits per heavy atom. The zero-order chi connectivity index (χ0) is 24.7. The Balaban J connectivity index is 1.98. The first-order valence-corrected chi connectivity index (χ1v) is 12.1. The van der Waals surface area contributed by atoms with E-state index in [1.54, 1.807) is 30.4 Å². The van der Waals surface area contributed by atoms with Crippen molar-refractivity contribution in [3.05, 3.63) is 58.4 Å². The molecule has 0 aliphatic heterocycles. The summed E-state index contributed by atoms with van der Waals surface area (Å²) in [4.78, 5) is 22.4. The number of benzene rings is 1. The highest BCUT2D eigenvalue weighted by molar-refractivity contribution is 5.78. The van der Waals surface area contributed by atoms with Gasteiger partial charge in [0.05, 0.1) is 25.4 Å². The summed E-state index contributed by atoms with van der Waals surface area (Å²) in [6, 6.07) is 2.93. The Bertz CT molecular complexity index is 950. The van der Waals surface area contributed by atoms with Crippen molar-refractivity contribution in [2.75, 3.05) is 20.3 Å². The van der Waals surface area contributed by atoms with E-state index in [1.807, 2.05) is 13.8 Å². The standard InChI is InChI=1S/C26H36FN3O4/c1-4-26(33,20-8-6-5-7-9-20)21-12-19(17-32)24(22(27)13-21)25(34-11-10-31)30(3)16-23-28-14-18(2)15-29-23/h12-15,17,20,25,31,33H,4-11,16H2,1-3H3/t25-,26?/m1/s1. The van der Waals surface area contributed by atoms with Gasteiger partial charge in [-0.2, -0.15) is 0 Å². The molecule has 1 aromatic carbocycles. The summed E-state index contributed by atoms with van der Waals surface area (Å²) in [5, 5.41) is 20.9. The summed E-state index contributed by atoms with van der Waals surface area (Å²) in [5.74, 6) is -0.0752. The van der Waals surface area contributed by atoms with Gasteiger partial charge in [0, 0.05) is 23.5 Å². The van der Waals surface area contributed by atoms with Crippen molar-refractivity contribution < 1.29 is 24.1 Å². The summed E-state index contributed by atoms with van der Waals surface area (Å²) in [5.41, 5.74) is 0.350. The second kappa shape index (κ2) is 11.9. The molecule has 1 fully saturated rings. The van der Waals surface area contributed by atoms with Crippen LogP contribution >= 0.6 is 0 Å². The fraction of sp³-hybridized carbons (Fsp3) is 0.577. The lowest BCUT2D eigenvalue weighted by atomic mass is 9.71. The highest BCUT2D eigenvalue weighted by Crippen LogP contribution is 2.43. The highest BCUT2D eigenvalue weighted by Gasteiger charge is 2.39. The molecule has 186 valence electrons. The van der Waals surface area contributed by atoms with Gasteiger partial charge in [-0.25, -0.2) is 14.4 Å². The molecule has 0 saturated heterocycles. The first-order chi connectivity index (χ1) is 16.3. The number of nitrogens with zero attached hydrogens (tertiary/aromatic N) is 3. The van der Waals surface area contributed by atoms with E-state index in [1.165, 1.54) is 6.07 Å². The van der Waals surface area contributed by atoms with Crippen molar-refractivity contribution in [2.45, 2.75) is 70.7 Å². The zero-order valence-corrected chi connectivity index (χ0v) is 20.3. The molecule has 1 saturated carbocycles. The van der Waals surface area contributed by atoms with E-state index in [0.717, 1.165) is 37.7 Å². The van der Waals surface area contributed by atoms with Crippen molar-refractivity contribution in [1.82, 2.24) is 14.9 Å². The number of rotatable bonds is 11. The van der Waals surface area contributed by atoms with Crippen LogP contribution in [0.1, 0.15) is 84.5 Å². The molecule has 0 spiro atoms. The van der Waals surface area contributed by atoms with Crippen molar-refractivity contribution in [3.63, 3.8) is 0 Å². The third kappa shape index (κ3) is 5.86. The number of halogens is 1. The van der Waals surface area contributed by atoms with Gasteiger partial charge in [-0.1, -0.05) is 26.2 Å². The number of carbonyl (C=O) groups is 1. The van der Waals surface area contributed by atoms with Crippen LogP contribution in [0.4, 0.5) is 4.39 Å². The summed E-state index contributed by atoms with van der Waals surface area (Å²) >= 11 is 0. The van der Waals surface area contributed by atoms with Crippen molar-refractivity contribution >= 4 is 6.29 Å². The second-order valence-electron chi connectivity index (χ2n) is 9.23. The van der Waals surface area contributed by atoms with Gasteiger partial charge in [0.1, 0.15) is 17.9 Å². The Labute approximate surface area is 201 Å². The molecular weight excluding hydrogens is 437 g/mol. The Kier molecular flexibility index (Phi) is 9.24. The molecule has 1 aliphatic carbocycles. The maximum absolute atomic E-state index is 15.7. The molecule has 3 rings (SSSR count). The van der Waals surface area contributed by atoms with E-state index in [9.17, 15) is 15.0 Å². The number of hydrogen-bond donors (Lipinski definition) is 2. The normalized spacial score (nSPS) is 17.5. The lowest BCUT2D eigenvalue weighted by Crippen LogP contribution is -2.36. The van der Waals surface area contributed by atoms with Gasteiger partial charge in [-0.3, -0.25) is 9.69 Å². The molecule has 1 aliphatic rings. The molecule has 0 amide bonds. The van der Waals surface area contributed by atoms with Crippen LogP contribution in [0, 0.1) is 18.7 Å². The molecule has 1 aromatic heterocycles. The molecule has 1 unspecified atom stereocenters. The van der Waals surface area contributed by atoms with Crippen LogP contribution in [0.15, 0.2) is 24.5 Å². The fourth-order valence-electron chi connectivity index (χ4n) is 4.96. The number of aliphatic hydroxyl groups is 2. The maximum atomic E-state index is 15.7. The zero-order valence-electron chi connectivity index (χ0n) is 20.3. The highest BCUT2D eigenvalue weighted by atomic mass is 19.1. The summed E-state index contributed by atoms with van der Waals surface area (Å²) in [6.07, 6.45) is 8.46. The van der Waals surface area contributed by atoms with Gasteiger partial charge >= 0.3 is 0 Å². The van der Waals surface area contributed by atoms with Crippen LogP contribution in [0.2, 0.25) is 0 Å². The molecule has 0 bridgehead atoms. The number of carbonyl (C=O) groups excluding carboxylic acids is 1. The van der Waals surface area contributed by atoms with E-state index in [4.69, 9.17) is 4.74 Å². The molecular formula is C26H36FN3O4. The lowest BCUT2D eigenvalue weighted by molar-refractivity contribution is -0.0680. The van der Waals surface area contributed by atoms with Crippen molar-refractivity contribution in [1.29, 1.82) is 0 Å². The number of aromatic nitrogens is 2. The van der Waals surface area contributed by atoms with Crippen LogP contribution in [0.5, 0.6) is 0 Å². The Morgan fingerprint density at radius 1 is 1.26 bits per heavy atom. The Hall–Kier alpha value is -2.26. The monoisotopic (exact) mass is 473 g/mol. The maximum Gasteiger partial charge on any atom is 0.150 e. The molecule has 2 atom stereocenters. The molecule has 2 aromatic rings. The van der Waals surface area contributed by atoms with E-state index in [-0.39, 0.29) is 36.8 Å².